The van der Waals surface area contributed by atoms with E-state index in [0.29, 0.717) is 5.41 Å². The molecule has 0 N–H and O–H groups in total. The predicted molar refractivity (Wildman–Crippen MR) is 65.3 cm³/mol. The molecular weight excluding hydrogens is 200 g/mol. The van der Waals surface area contributed by atoms with Gasteiger partial charge in [0.1, 0.15) is 0 Å². The molecule has 2 fully saturated rings. The zero-order valence-electron chi connectivity index (χ0n) is 11.1. The zero-order valence-corrected chi connectivity index (χ0v) is 11.1. The van der Waals surface area contributed by atoms with Crippen LogP contribution in [0.5, 0.6) is 0 Å². The second kappa shape index (κ2) is 4.66. The molecule has 1 aliphatic carbocycles. The Hall–Kier alpha value is -0.0800. The molecule has 2 nitrogen and oxygen atoms in total. The van der Waals surface area contributed by atoms with Crippen LogP contribution in [-0.4, -0.2) is 19.0 Å². The Morgan fingerprint density at radius 2 is 1.81 bits per heavy atom. The first-order valence-electron chi connectivity index (χ1n) is 6.86. The summed E-state index contributed by atoms with van der Waals surface area (Å²) in [4.78, 5) is 0. The van der Waals surface area contributed by atoms with E-state index in [0.717, 1.165) is 32.0 Å². The quantitative estimate of drug-likeness (QED) is 0.729. The highest BCUT2D eigenvalue weighted by Gasteiger charge is 2.47. The van der Waals surface area contributed by atoms with Gasteiger partial charge in [-0.15, -0.1) is 0 Å². The summed E-state index contributed by atoms with van der Waals surface area (Å²) in [5.74, 6) is 0.563. The molecule has 1 saturated carbocycles. The Morgan fingerprint density at radius 3 is 2.44 bits per heavy atom. The maximum absolute atomic E-state index is 5.86. The van der Waals surface area contributed by atoms with Gasteiger partial charge in [0, 0.05) is 12.8 Å². The largest absolute Gasteiger partial charge is 0.348 e. The highest BCUT2D eigenvalue weighted by molar-refractivity contribution is 4.92. The van der Waals surface area contributed by atoms with Crippen LogP contribution < -0.4 is 0 Å². The molecule has 0 amide bonds. The van der Waals surface area contributed by atoms with E-state index in [-0.39, 0.29) is 5.79 Å². The average Bonchev–Trinajstić information content (AvgIpc) is 2.69. The highest BCUT2D eigenvalue weighted by Crippen LogP contribution is 2.49. The second-order valence-corrected chi connectivity index (χ2v) is 6.14. The molecule has 1 spiro atoms. The van der Waals surface area contributed by atoms with Crippen LogP contribution in [0.2, 0.25) is 0 Å². The monoisotopic (exact) mass is 226 g/mol. The first-order valence-corrected chi connectivity index (χ1v) is 6.86. The van der Waals surface area contributed by atoms with Gasteiger partial charge in [-0.2, -0.15) is 0 Å². The molecule has 1 unspecified atom stereocenters. The number of ether oxygens (including phenoxy) is 2. The minimum absolute atomic E-state index is 0.200. The van der Waals surface area contributed by atoms with Crippen LogP contribution >= 0.6 is 0 Å². The molecule has 0 aromatic carbocycles. The lowest BCUT2D eigenvalue weighted by atomic mass is 9.65. The van der Waals surface area contributed by atoms with Crippen molar-refractivity contribution in [2.75, 3.05) is 13.2 Å². The molecule has 1 aliphatic heterocycles. The molecule has 16 heavy (non-hydrogen) atoms. The predicted octanol–water partition coefficient (Wildman–Crippen LogP) is 3.75. The Kier molecular flexibility index (Phi) is 3.60. The normalized spacial score (nSPS) is 32.1. The van der Waals surface area contributed by atoms with Crippen LogP contribution in [0, 0.1) is 11.3 Å². The first kappa shape index (κ1) is 12.4. The van der Waals surface area contributed by atoms with Crippen LogP contribution in [0.3, 0.4) is 0 Å². The molecule has 0 radical (unpaired) electrons. The lowest BCUT2D eigenvalue weighted by Crippen LogP contribution is -2.43. The molecule has 0 aromatic rings. The van der Waals surface area contributed by atoms with Crippen molar-refractivity contribution in [3.05, 3.63) is 0 Å². The lowest BCUT2D eigenvalue weighted by molar-refractivity contribution is -0.205. The van der Waals surface area contributed by atoms with Crippen molar-refractivity contribution in [3.63, 3.8) is 0 Å². The van der Waals surface area contributed by atoms with Crippen molar-refractivity contribution in [2.45, 2.75) is 65.1 Å². The van der Waals surface area contributed by atoms with E-state index in [1.807, 2.05) is 0 Å². The van der Waals surface area contributed by atoms with Crippen LogP contribution in [0.1, 0.15) is 59.3 Å². The molecule has 1 heterocycles. The Labute approximate surface area is 99.7 Å². The van der Waals surface area contributed by atoms with Crippen molar-refractivity contribution in [2.24, 2.45) is 11.3 Å². The summed E-state index contributed by atoms with van der Waals surface area (Å²) in [5.41, 5.74) is 0.468. The number of hydrogen-bond acceptors (Lipinski definition) is 2. The van der Waals surface area contributed by atoms with Gasteiger partial charge in [0.2, 0.25) is 0 Å². The van der Waals surface area contributed by atoms with Crippen LogP contribution in [-0.2, 0) is 9.47 Å². The lowest BCUT2D eigenvalue weighted by Gasteiger charge is -2.46. The van der Waals surface area contributed by atoms with E-state index in [1.165, 1.54) is 25.7 Å². The van der Waals surface area contributed by atoms with Crippen molar-refractivity contribution in [3.8, 4) is 0 Å². The van der Waals surface area contributed by atoms with E-state index in [9.17, 15) is 0 Å². The Balaban J connectivity index is 2.00. The van der Waals surface area contributed by atoms with Crippen molar-refractivity contribution < 1.29 is 9.47 Å². The summed E-state index contributed by atoms with van der Waals surface area (Å²) < 4.78 is 11.7. The second-order valence-electron chi connectivity index (χ2n) is 6.14. The summed E-state index contributed by atoms with van der Waals surface area (Å²) in [6, 6.07) is 0. The summed E-state index contributed by atoms with van der Waals surface area (Å²) in [6.45, 7) is 8.68. The molecule has 2 rings (SSSR count). The van der Waals surface area contributed by atoms with E-state index < -0.39 is 0 Å². The summed E-state index contributed by atoms with van der Waals surface area (Å²) in [7, 11) is 0. The fourth-order valence-electron chi connectivity index (χ4n) is 3.17. The van der Waals surface area contributed by atoms with Gasteiger partial charge < -0.3 is 9.47 Å². The van der Waals surface area contributed by atoms with Crippen molar-refractivity contribution in [1.82, 2.24) is 0 Å². The molecule has 1 saturated heterocycles. The highest BCUT2D eigenvalue weighted by atomic mass is 16.7. The van der Waals surface area contributed by atoms with E-state index in [2.05, 4.69) is 20.8 Å². The van der Waals surface area contributed by atoms with Gasteiger partial charge in [-0.05, 0) is 24.2 Å². The maximum atomic E-state index is 5.86. The fraction of sp³-hybridized carbons (Fsp3) is 1.00. The van der Waals surface area contributed by atoms with E-state index >= 15 is 0 Å². The Bertz CT molecular complexity index is 229. The average molecular weight is 226 g/mol. The molecule has 0 bridgehead atoms. The standard InChI is InChI=1S/C14H26O2/c1-4-5-6-12-11-14(15-9-10-16-14)8-7-13(12,2)3/h12H,4-11H2,1-3H3. The molecule has 0 aromatic heterocycles. The van der Waals surface area contributed by atoms with Crippen LogP contribution in [0.25, 0.3) is 0 Å². The summed E-state index contributed by atoms with van der Waals surface area (Å²) in [5, 5.41) is 0. The number of unbranched alkanes of at least 4 members (excludes halogenated alkanes) is 1. The molecule has 1 atom stereocenters. The van der Waals surface area contributed by atoms with Gasteiger partial charge in [-0.1, -0.05) is 33.6 Å². The maximum Gasteiger partial charge on any atom is 0.168 e. The number of hydrogen-bond donors (Lipinski definition) is 0. The van der Waals surface area contributed by atoms with Gasteiger partial charge in [0.05, 0.1) is 13.2 Å². The van der Waals surface area contributed by atoms with E-state index in [1.54, 1.807) is 0 Å². The molecular formula is C14H26O2. The topological polar surface area (TPSA) is 18.5 Å². The van der Waals surface area contributed by atoms with Gasteiger partial charge >= 0.3 is 0 Å². The number of rotatable bonds is 3. The third-order valence-corrected chi connectivity index (χ3v) is 4.53. The Morgan fingerprint density at radius 1 is 1.12 bits per heavy atom. The van der Waals surface area contributed by atoms with E-state index in [4.69, 9.17) is 9.47 Å². The van der Waals surface area contributed by atoms with Gasteiger partial charge in [-0.25, -0.2) is 0 Å². The van der Waals surface area contributed by atoms with Gasteiger partial charge in [0.15, 0.2) is 5.79 Å². The van der Waals surface area contributed by atoms with Gasteiger partial charge in [0.25, 0.3) is 0 Å². The molecule has 94 valence electrons. The van der Waals surface area contributed by atoms with Gasteiger partial charge in [-0.3, -0.25) is 0 Å². The smallest absolute Gasteiger partial charge is 0.168 e. The first-order chi connectivity index (χ1) is 7.58. The van der Waals surface area contributed by atoms with Crippen LogP contribution in [0.15, 0.2) is 0 Å². The molecule has 2 aliphatic rings. The minimum Gasteiger partial charge on any atom is -0.348 e. The fourth-order valence-corrected chi connectivity index (χ4v) is 3.17. The third-order valence-electron chi connectivity index (χ3n) is 4.53. The minimum atomic E-state index is -0.200. The van der Waals surface area contributed by atoms with Crippen LogP contribution in [0.4, 0.5) is 0 Å². The summed E-state index contributed by atoms with van der Waals surface area (Å²) >= 11 is 0. The van der Waals surface area contributed by atoms with Crippen molar-refractivity contribution in [1.29, 1.82) is 0 Å². The molecule has 2 heteroatoms. The SMILES string of the molecule is CCCCC1CC2(CCC1(C)C)OCCO2. The third kappa shape index (κ3) is 2.43. The summed E-state index contributed by atoms with van der Waals surface area (Å²) in [6.07, 6.45) is 7.40. The zero-order chi connectivity index (χ0) is 11.6. The van der Waals surface area contributed by atoms with Crippen molar-refractivity contribution >= 4 is 0 Å².